The van der Waals surface area contributed by atoms with E-state index in [2.05, 4.69) is 10.3 Å². The molecular formula is C14H12N2O3. The van der Waals surface area contributed by atoms with Crippen LogP contribution in [-0.4, -0.2) is 23.5 Å². The molecule has 1 N–H and O–H groups in total. The Hall–Kier alpha value is -2.56. The molecule has 0 bridgehead atoms. The fourth-order valence-electron chi connectivity index (χ4n) is 1.80. The summed E-state index contributed by atoms with van der Waals surface area (Å²) in [6.45, 7) is 0. The summed E-state index contributed by atoms with van der Waals surface area (Å²) in [5, 5.41) is 3.38. The summed E-state index contributed by atoms with van der Waals surface area (Å²) in [6, 6.07) is 6.84. The average molecular weight is 256 g/mol. The Morgan fingerprint density at radius 2 is 2.11 bits per heavy atom. The van der Waals surface area contributed by atoms with Crippen LogP contribution in [0.25, 0.3) is 10.9 Å². The molecule has 0 aliphatic heterocycles. The van der Waals surface area contributed by atoms with E-state index in [0.29, 0.717) is 28.4 Å². The smallest absolute Gasteiger partial charge is 0.224 e. The summed E-state index contributed by atoms with van der Waals surface area (Å²) in [6.07, 6.45) is 3.29. The predicted molar refractivity (Wildman–Crippen MR) is 71.1 cm³/mol. The molecule has 0 radical (unpaired) electrons. The molecule has 0 saturated carbocycles. The highest BCUT2D eigenvalue weighted by Crippen LogP contribution is 2.23. The number of para-hydroxylation sites is 1. The number of hydrogen-bond donors (Lipinski definition) is 1. The number of aromatic nitrogens is 1. The first-order chi connectivity index (χ1) is 9.26. The zero-order valence-corrected chi connectivity index (χ0v) is 10.1. The van der Waals surface area contributed by atoms with Gasteiger partial charge < -0.3 is 10.1 Å². The summed E-state index contributed by atoms with van der Waals surface area (Å²) >= 11 is 0. The van der Waals surface area contributed by atoms with Crippen LogP contribution in [0.1, 0.15) is 23.2 Å². The monoisotopic (exact) mass is 256 g/mol. The van der Waals surface area contributed by atoms with E-state index in [9.17, 15) is 14.4 Å². The third-order valence-electron chi connectivity index (χ3n) is 2.70. The van der Waals surface area contributed by atoms with Gasteiger partial charge in [-0.05, 0) is 12.1 Å². The van der Waals surface area contributed by atoms with Crippen LogP contribution >= 0.6 is 0 Å². The summed E-state index contributed by atoms with van der Waals surface area (Å²) in [5.74, 6) is -0.252. The van der Waals surface area contributed by atoms with Crippen molar-refractivity contribution in [3.8, 4) is 0 Å². The van der Waals surface area contributed by atoms with Gasteiger partial charge in [0.25, 0.3) is 0 Å². The van der Waals surface area contributed by atoms with E-state index in [4.69, 9.17) is 0 Å². The second-order valence-corrected chi connectivity index (χ2v) is 3.97. The molecule has 19 heavy (non-hydrogen) atoms. The Balaban J connectivity index is 2.36. The molecule has 1 heterocycles. The van der Waals surface area contributed by atoms with Crippen molar-refractivity contribution in [2.75, 3.05) is 5.32 Å². The highest BCUT2D eigenvalue weighted by molar-refractivity contribution is 6.05. The van der Waals surface area contributed by atoms with Crippen molar-refractivity contribution in [1.82, 2.24) is 4.98 Å². The van der Waals surface area contributed by atoms with Crippen molar-refractivity contribution in [2.24, 2.45) is 0 Å². The minimum atomic E-state index is -0.252. The lowest BCUT2D eigenvalue weighted by atomic mass is 10.1. The molecule has 5 nitrogen and oxygen atoms in total. The van der Waals surface area contributed by atoms with Gasteiger partial charge in [-0.1, -0.05) is 12.1 Å². The van der Waals surface area contributed by atoms with E-state index in [1.165, 1.54) is 6.20 Å². The standard InChI is InChI=1S/C14H12N2O3/c17-8-2-5-13(19)16-12-4-1-3-11-10(9-18)6-7-15-14(11)12/h1,3-4,6-9H,2,5H2,(H,16,19). The molecule has 0 spiro atoms. The lowest BCUT2D eigenvalue weighted by Gasteiger charge is -2.08. The lowest BCUT2D eigenvalue weighted by molar-refractivity contribution is -0.118. The van der Waals surface area contributed by atoms with E-state index in [1.807, 2.05) is 0 Å². The van der Waals surface area contributed by atoms with Crippen LogP contribution in [0.2, 0.25) is 0 Å². The SMILES string of the molecule is O=CCCC(=O)Nc1cccc2c(C=O)ccnc12. The minimum Gasteiger partial charge on any atom is -0.324 e. The summed E-state index contributed by atoms with van der Waals surface area (Å²) in [7, 11) is 0. The molecule has 0 atom stereocenters. The number of nitrogens with one attached hydrogen (secondary N) is 1. The first-order valence-corrected chi connectivity index (χ1v) is 5.82. The van der Waals surface area contributed by atoms with E-state index in [-0.39, 0.29) is 18.7 Å². The van der Waals surface area contributed by atoms with Crippen LogP contribution in [0.4, 0.5) is 5.69 Å². The average Bonchev–Trinajstić information content (AvgIpc) is 2.45. The van der Waals surface area contributed by atoms with Crippen molar-refractivity contribution in [1.29, 1.82) is 0 Å². The van der Waals surface area contributed by atoms with Gasteiger partial charge in [-0.3, -0.25) is 14.6 Å². The van der Waals surface area contributed by atoms with E-state index in [0.717, 1.165) is 6.29 Å². The number of anilines is 1. The van der Waals surface area contributed by atoms with Gasteiger partial charge in [0, 0.05) is 30.0 Å². The maximum Gasteiger partial charge on any atom is 0.224 e. The van der Waals surface area contributed by atoms with Gasteiger partial charge in [0.2, 0.25) is 5.91 Å². The molecular weight excluding hydrogens is 244 g/mol. The maximum absolute atomic E-state index is 11.6. The molecule has 1 amide bonds. The van der Waals surface area contributed by atoms with Crippen LogP contribution in [0.3, 0.4) is 0 Å². The summed E-state index contributed by atoms with van der Waals surface area (Å²) < 4.78 is 0. The molecule has 96 valence electrons. The number of pyridine rings is 1. The quantitative estimate of drug-likeness (QED) is 0.830. The summed E-state index contributed by atoms with van der Waals surface area (Å²) in [5.41, 5.74) is 1.62. The number of nitrogens with zero attached hydrogens (tertiary/aromatic N) is 1. The normalized spacial score (nSPS) is 10.1. The highest BCUT2D eigenvalue weighted by atomic mass is 16.1. The molecule has 1 aromatic heterocycles. The fourth-order valence-corrected chi connectivity index (χ4v) is 1.80. The first kappa shape index (κ1) is 12.9. The van der Waals surface area contributed by atoms with Crippen LogP contribution in [0, 0.1) is 0 Å². The Labute approximate surface area is 109 Å². The van der Waals surface area contributed by atoms with Crippen LogP contribution in [-0.2, 0) is 9.59 Å². The van der Waals surface area contributed by atoms with Gasteiger partial charge >= 0.3 is 0 Å². The molecule has 0 aliphatic carbocycles. The van der Waals surface area contributed by atoms with E-state index >= 15 is 0 Å². The van der Waals surface area contributed by atoms with Crippen LogP contribution in [0.15, 0.2) is 30.5 Å². The number of benzene rings is 1. The van der Waals surface area contributed by atoms with Crippen molar-refractivity contribution in [3.05, 3.63) is 36.0 Å². The number of carbonyl (C=O) groups is 3. The predicted octanol–water partition coefficient (Wildman–Crippen LogP) is 1.96. The molecule has 5 heteroatoms. The van der Waals surface area contributed by atoms with Crippen molar-refractivity contribution in [2.45, 2.75) is 12.8 Å². The number of rotatable bonds is 5. The van der Waals surface area contributed by atoms with Gasteiger partial charge in [0.15, 0.2) is 6.29 Å². The second kappa shape index (κ2) is 5.86. The largest absolute Gasteiger partial charge is 0.324 e. The number of amides is 1. The number of carbonyl (C=O) groups excluding carboxylic acids is 3. The highest BCUT2D eigenvalue weighted by Gasteiger charge is 2.08. The molecule has 2 aromatic rings. The van der Waals surface area contributed by atoms with Gasteiger partial charge in [-0.15, -0.1) is 0 Å². The van der Waals surface area contributed by atoms with Gasteiger partial charge in [-0.2, -0.15) is 0 Å². The maximum atomic E-state index is 11.6. The van der Waals surface area contributed by atoms with Crippen molar-refractivity contribution in [3.63, 3.8) is 0 Å². The second-order valence-electron chi connectivity index (χ2n) is 3.97. The molecule has 0 unspecified atom stereocenters. The van der Waals surface area contributed by atoms with Gasteiger partial charge in [0.05, 0.1) is 11.2 Å². The van der Waals surface area contributed by atoms with Crippen LogP contribution in [0.5, 0.6) is 0 Å². The zero-order chi connectivity index (χ0) is 13.7. The third kappa shape index (κ3) is 2.82. The molecule has 0 fully saturated rings. The molecule has 0 aliphatic rings. The number of fused-ring (bicyclic) bond motifs is 1. The Kier molecular flexibility index (Phi) is 3.97. The third-order valence-corrected chi connectivity index (χ3v) is 2.70. The number of hydrogen-bond acceptors (Lipinski definition) is 4. The first-order valence-electron chi connectivity index (χ1n) is 5.82. The van der Waals surface area contributed by atoms with E-state index in [1.54, 1.807) is 24.3 Å². The zero-order valence-electron chi connectivity index (χ0n) is 10.1. The Bertz CT molecular complexity index is 638. The molecule has 2 rings (SSSR count). The molecule has 0 saturated heterocycles. The summed E-state index contributed by atoms with van der Waals surface area (Å²) in [4.78, 5) is 36.9. The van der Waals surface area contributed by atoms with Crippen molar-refractivity contribution >= 4 is 35.1 Å². The minimum absolute atomic E-state index is 0.132. The molecule has 1 aromatic carbocycles. The number of aldehydes is 2. The lowest BCUT2D eigenvalue weighted by Crippen LogP contribution is -2.11. The van der Waals surface area contributed by atoms with E-state index < -0.39 is 0 Å². The van der Waals surface area contributed by atoms with Gasteiger partial charge in [0.1, 0.15) is 6.29 Å². The van der Waals surface area contributed by atoms with Crippen LogP contribution < -0.4 is 5.32 Å². The Morgan fingerprint density at radius 1 is 1.26 bits per heavy atom. The fraction of sp³-hybridized carbons (Fsp3) is 0.143. The van der Waals surface area contributed by atoms with Gasteiger partial charge in [-0.25, -0.2) is 0 Å². The Morgan fingerprint density at radius 3 is 2.84 bits per heavy atom. The van der Waals surface area contributed by atoms with Crippen molar-refractivity contribution < 1.29 is 14.4 Å². The topological polar surface area (TPSA) is 76.1 Å².